The van der Waals surface area contributed by atoms with Crippen LogP contribution < -0.4 is 0 Å². The Morgan fingerprint density at radius 1 is 1.12 bits per heavy atom. The predicted molar refractivity (Wildman–Crippen MR) is 87.4 cm³/mol. The number of aliphatic carboxylic acids is 1. The minimum atomic E-state index is -1.04. The molecule has 0 radical (unpaired) electrons. The summed E-state index contributed by atoms with van der Waals surface area (Å²) in [6.45, 7) is 1.89. The van der Waals surface area contributed by atoms with Crippen molar-refractivity contribution in [2.75, 3.05) is 26.2 Å². The molecule has 0 unspecified atom stereocenters. The lowest BCUT2D eigenvalue weighted by Crippen LogP contribution is -2.48. The van der Waals surface area contributed by atoms with E-state index in [0.717, 1.165) is 6.07 Å². The van der Waals surface area contributed by atoms with Gasteiger partial charge < -0.3 is 10.0 Å². The molecule has 1 aliphatic rings. The quantitative estimate of drug-likeness (QED) is 0.863. The van der Waals surface area contributed by atoms with Gasteiger partial charge in [0.1, 0.15) is 12.2 Å². The number of nitrogens with zero attached hydrogens (tertiary/aromatic N) is 4. The summed E-state index contributed by atoms with van der Waals surface area (Å²) in [4.78, 5) is 26.7. The number of halogens is 2. The first-order valence-corrected chi connectivity index (χ1v) is 8.14. The Labute approximate surface area is 148 Å². The molecular weight excluding hydrogens is 346 g/mol. The molecule has 3 rings (SSSR count). The van der Waals surface area contributed by atoms with E-state index in [2.05, 4.69) is 5.10 Å². The molecule has 26 heavy (non-hydrogen) atoms. The van der Waals surface area contributed by atoms with Crippen LogP contribution in [0.5, 0.6) is 0 Å². The number of benzene rings is 1. The number of hydrogen-bond donors (Lipinski definition) is 1. The number of carboxylic acid groups (broad SMARTS) is 1. The van der Waals surface area contributed by atoms with Crippen molar-refractivity contribution in [2.24, 2.45) is 0 Å². The third kappa shape index (κ3) is 4.05. The van der Waals surface area contributed by atoms with E-state index in [1.807, 2.05) is 4.90 Å². The maximum absolute atomic E-state index is 13.8. The van der Waals surface area contributed by atoms with Crippen LogP contribution in [0.2, 0.25) is 0 Å². The number of amides is 1. The minimum absolute atomic E-state index is 0.191. The van der Waals surface area contributed by atoms with Gasteiger partial charge in [-0.15, -0.1) is 0 Å². The molecule has 1 fully saturated rings. The van der Waals surface area contributed by atoms with Crippen molar-refractivity contribution in [3.8, 4) is 0 Å². The summed E-state index contributed by atoms with van der Waals surface area (Å²) in [5.41, 5.74) is 0.480. The largest absolute Gasteiger partial charge is 0.480 e. The smallest absolute Gasteiger partial charge is 0.325 e. The molecule has 1 N–H and O–H groups in total. The van der Waals surface area contributed by atoms with E-state index in [0.29, 0.717) is 26.2 Å². The lowest BCUT2D eigenvalue weighted by Gasteiger charge is -2.34. The average molecular weight is 364 g/mol. The molecule has 1 amide bonds. The average Bonchev–Trinajstić information content (AvgIpc) is 3.07. The molecule has 0 aliphatic carbocycles. The number of carboxylic acids is 1. The monoisotopic (exact) mass is 364 g/mol. The highest BCUT2D eigenvalue weighted by atomic mass is 19.2. The molecule has 1 aromatic carbocycles. The number of carbonyl (C=O) groups is 2. The van der Waals surface area contributed by atoms with Crippen LogP contribution in [0.4, 0.5) is 8.78 Å². The van der Waals surface area contributed by atoms with Gasteiger partial charge in [0.25, 0.3) is 5.91 Å². The number of piperazine rings is 1. The molecule has 138 valence electrons. The molecule has 9 heteroatoms. The summed E-state index contributed by atoms with van der Waals surface area (Å²) in [7, 11) is 0. The van der Waals surface area contributed by atoms with Gasteiger partial charge >= 0.3 is 5.97 Å². The van der Waals surface area contributed by atoms with Crippen molar-refractivity contribution >= 4 is 11.9 Å². The maximum Gasteiger partial charge on any atom is 0.325 e. The Morgan fingerprint density at radius 3 is 2.54 bits per heavy atom. The van der Waals surface area contributed by atoms with Crippen LogP contribution in [0.15, 0.2) is 30.5 Å². The second-order valence-corrected chi connectivity index (χ2v) is 6.07. The van der Waals surface area contributed by atoms with Crippen LogP contribution in [-0.2, 0) is 17.9 Å². The second kappa shape index (κ2) is 7.61. The highest BCUT2D eigenvalue weighted by Gasteiger charge is 2.24. The number of carbonyl (C=O) groups excluding carboxylic acids is 1. The van der Waals surface area contributed by atoms with E-state index in [1.165, 1.54) is 23.0 Å². The third-order valence-corrected chi connectivity index (χ3v) is 4.24. The minimum Gasteiger partial charge on any atom is -0.480 e. The van der Waals surface area contributed by atoms with Crippen molar-refractivity contribution < 1.29 is 23.5 Å². The fourth-order valence-electron chi connectivity index (χ4n) is 2.88. The Balaban J connectivity index is 1.56. The summed E-state index contributed by atoms with van der Waals surface area (Å²) in [5, 5.41) is 12.7. The molecule has 2 aromatic rings. The zero-order valence-electron chi connectivity index (χ0n) is 13.9. The Kier molecular flexibility index (Phi) is 5.27. The molecular formula is C17H18F2N4O3. The lowest BCUT2D eigenvalue weighted by atomic mass is 10.1. The molecule has 0 saturated carbocycles. The molecule has 1 saturated heterocycles. The van der Waals surface area contributed by atoms with E-state index in [-0.39, 0.29) is 30.3 Å². The summed E-state index contributed by atoms with van der Waals surface area (Å²) in [5.74, 6) is -3.01. The predicted octanol–water partition coefficient (Wildman–Crippen LogP) is 1.20. The van der Waals surface area contributed by atoms with E-state index in [4.69, 9.17) is 5.11 Å². The van der Waals surface area contributed by atoms with Crippen molar-refractivity contribution in [1.29, 1.82) is 0 Å². The van der Waals surface area contributed by atoms with Crippen LogP contribution in [0.1, 0.15) is 16.1 Å². The topological polar surface area (TPSA) is 78.7 Å². The second-order valence-electron chi connectivity index (χ2n) is 6.07. The standard InChI is InChI=1S/C17H18F2N4O3/c18-13-3-1-2-12(16(13)19)10-21-6-8-22(9-7-21)17(26)14-4-5-23(20-14)11-15(24)25/h1-5H,6-11H2,(H,24,25). The van der Waals surface area contributed by atoms with Gasteiger partial charge in [-0.3, -0.25) is 19.2 Å². The van der Waals surface area contributed by atoms with Gasteiger partial charge in [0.15, 0.2) is 11.6 Å². The highest BCUT2D eigenvalue weighted by molar-refractivity contribution is 5.92. The maximum atomic E-state index is 13.8. The van der Waals surface area contributed by atoms with E-state index in [1.54, 1.807) is 11.0 Å². The fourth-order valence-corrected chi connectivity index (χ4v) is 2.88. The Hall–Kier alpha value is -2.81. The number of rotatable bonds is 5. The van der Waals surface area contributed by atoms with Gasteiger partial charge in [-0.1, -0.05) is 12.1 Å². The molecule has 7 nitrogen and oxygen atoms in total. The van der Waals surface area contributed by atoms with Gasteiger partial charge in [0, 0.05) is 44.5 Å². The number of hydrogen-bond acceptors (Lipinski definition) is 4. The van der Waals surface area contributed by atoms with E-state index in [9.17, 15) is 18.4 Å². The van der Waals surface area contributed by atoms with Gasteiger partial charge in [0.2, 0.25) is 0 Å². The first-order valence-electron chi connectivity index (χ1n) is 8.14. The molecule has 0 atom stereocenters. The summed E-state index contributed by atoms with van der Waals surface area (Å²) in [6.07, 6.45) is 1.45. The van der Waals surface area contributed by atoms with Gasteiger partial charge in [-0.2, -0.15) is 5.10 Å². The molecule has 0 bridgehead atoms. The zero-order chi connectivity index (χ0) is 18.7. The van der Waals surface area contributed by atoms with Crippen LogP contribution in [-0.4, -0.2) is 62.7 Å². The van der Waals surface area contributed by atoms with Crippen LogP contribution in [0.25, 0.3) is 0 Å². The molecule has 2 heterocycles. The van der Waals surface area contributed by atoms with Crippen molar-refractivity contribution in [3.05, 3.63) is 53.4 Å². The summed E-state index contributed by atoms with van der Waals surface area (Å²) in [6, 6.07) is 5.59. The first kappa shape index (κ1) is 18.0. The normalized spacial score (nSPS) is 15.2. The SMILES string of the molecule is O=C(O)Cn1ccc(C(=O)N2CCN(Cc3cccc(F)c3F)CC2)n1. The highest BCUT2D eigenvalue weighted by Crippen LogP contribution is 2.15. The lowest BCUT2D eigenvalue weighted by molar-refractivity contribution is -0.137. The van der Waals surface area contributed by atoms with Crippen LogP contribution >= 0.6 is 0 Å². The Bertz CT molecular complexity index is 816. The van der Waals surface area contributed by atoms with E-state index < -0.39 is 17.6 Å². The zero-order valence-corrected chi connectivity index (χ0v) is 13.9. The number of aromatic nitrogens is 2. The molecule has 0 spiro atoms. The van der Waals surface area contributed by atoms with Gasteiger partial charge in [-0.25, -0.2) is 8.78 Å². The van der Waals surface area contributed by atoms with Crippen molar-refractivity contribution in [2.45, 2.75) is 13.1 Å². The summed E-state index contributed by atoms with van der Waals surface area (Å²) >= 11 is 0. The molecule has 1 aromatic heterocycles. The third-order valence-electron chi connectivity index (χ3n) is 4.24. The van der Waals surface area contributed by atoms with Crippen LogP contribution in [0, 0.1) is 11.6 Å². The first-order chi connectivity index (χ1) is 12.4. The van der Waals surface area contributed by atoms with Crippen molar-refractivity contribution in [3.63, 3.8) is 0 Å². The van der Waals surface area contributed by atoms with Gasteiger partial charge in [-0.05, 0) is 12.1 Å². The van der Waals surface area contributed by atoms with Crippen molar-refractivity contribution in [1.82, 2.24) is 19.6 Å². The van der Waals surface area contributed by atoms with Gasteiger partial charge in [0.05, 0.1) is 0 Å². The Morgan fingerprint density at radius 2 is 1.85 bits per heavy atom. The summed E-state index contributed by atoms with van der Waals surface area (Å²) < 4.78 is 28.2. The van der Waals surface area contributed by atoms with E-state index >= 15 is 0 Å². The fraction of sp³-hybridized carbons (Fsp3) is 0.353. The molecule has 1 aliphatic heterocycles. The van der Waals surface area contributed by atoms with Crippen LogP contribution in [0.3, 0.4) is 0 Å².